The fraction of sp³-hybridized carbons (Fsp3) is 0.889. The fourth-order valence-electron chi connectivity index (χ4n) is 4.53. The number of guanidine groups is 1. The van der Waals surface area contributed by atoms with Gasteiger partial charge in [0.25, 0.3) is 0 Å². The Hall–Kier alpha value is -0.570. The molecule has 3 N–H and O–H groups in total. The summed E-state index contributed by atoms with van der Waals surface area (Å²) in [6.45, 7) is 6.21. The molecule has 6 nitrogen and oxygen atoms in total. The van der Waals surface area contributed by atoms with E-state index in [2.05, 4.69) is 20.1 Å². The third kappa shape index (κ3) is 5.21. The number of primary amides is 1. The van der Waals surface area contributed by atoms with Gasteiger partial charge in [-0.1, -0.05) is 6.42 Å². The molecule has 2 aliphatic heterocycles. The third-order valence-electron chi connectivity index (χ3n) is 6.21. The van der Waals surface area contributed by atoms with Crippen molar-refractivity contribution in [1.82, 2.24) is 15.1 Å². The number of nitrogens with one attached hydrogen (secondary N) is 1. The van der Waals surface area contributed by atoms with Gasteiger partial charge in [0.1, 0.15) is 0 Å². The zero-order valence-electron chi connectivity index (χ0n) is 15.5. The molecule has 25 heavy (non-hydrogen) atoms. The molecular formula is C18H34IN5O. The summed E-state index contributed by atoms with van der Waals surface area (Å²) in [5.41, 5.74) is 6.06. The first kappa shape index (κ1) is 20.7. The predicted molar refractivity (Wildman–Crippen MR) is 112 cm³/mol. The Bertz CT molecular complexity index is 480. The van der Waals surface area contributed by atoms with Crippen molar-refractivity contribution in [2.75, 3.05) is 46.3 Å². The van der Waals surface area contributed by atoms with E-state index in [-0.39, 0.29) is 35.8 Å². The fourth-order valence-corrected chi connectivity index (χ4v) is 4.53. The largest absolute Gasteiger partial charge is 0.369 e. The smallest absolute Gasteiger partial charge is 0.221 e. The highest BCUT2D eigenvalue weighted by molar-refractivity contribution is 14.0. The van der Waals surface area contributed by atoms with Crippen LogP contribution >= 0.6 is 24.0 Å². The molecule has 1 spiro atoms. The Morgan fingerprint density at radius 2 is 2.08 bits per heavy atom. The number of likely N-dealkylation sites (tertiary alicyclic amines) is 2. The molecule has 1 atom stereocenters. The molecule has 2 saturated heterocycles. The molecule has 0 radical (unpaired) electrons. The molecule has 3 aliphatic rings. The second-order valence-corrected chi connectivity index (χ2v) is 7.89. The molecule has 3 rings (SSSR count). The van der Waals surface area contributed by atoms with Crippen molar-refractivity contribution in [1.29, 1.82) is 0 Å². The maximum atomic E-state index is 11.3. The topological polar surface area (TPSA) is 74.0 Å². The summed E-state index contributed by atoms with van der Waals surface area (Å²) >= 11 is 0. The molecule has 1 amide bonds. The highest BCUT2D eigenvalue weighted by atomic mass is 127. The van der Waals surface area contributed by atoms with Crippen LogP contribution in [0.1, 0.15) is 44.9 Å². The molecule has 1 unspecified atom stereocenters. The van der Waals surface area contributed by atoms with Crippen molar-refractivity contribution in [2.24, 2.45) is 22.1 Å². The van der Waals surface area contributed by atoms with E-state index >= 15 is 0 Å². The van der Waals surface area contributed by atoms with Gasteiger partial charge in [0.2, 0.25) is 5.91 Å². The highest BCUT2D eigenvalue weighted by Crippen LogP contribution is 2.47. The van der Waals surface area contributed by atoms with Crippen molar-refractivity contribution in [2.45, 2.75) is 44.9 Å². The second-order valence-electron chi connectivity index (χ2n) is 7.89. The van der Waals surface area contributed by atoms with Crippen LogP contribution in [0.5, 0.6) is 0 Å². The summed E-state index contributed by atoms with van der Waals surface area (Å²) < 4.78 is 0. The van der Waals surface area contributed by atoms with Crippen LogP contribution in [-0.2, 0) is 4.79 Å². The zero-order chi connectivity index (χ0) is 17.0. The molecular weight excluding hydrogens is 429 g/mol. The number of hydrogen-bond acceptors (Lipinski definition) is 3. The molecule has 0 aromatic rings. The van der Waals surface area contributed by atoms with E-state index in [1.54, 1.807) is 0 Å². The minimum atomic E-state index is -0.141. The van der Waals surface area contributed by atoms with Crippen molar-refractivity contribution >= 4 is 35.8 Å². The van der Waals surface area contributed by atoms with Crippen LogP contribution in [-0.4, -0.2) is 68.0 Å². The van der Waals surface area contributed by atoms with Gasteiger partial charge in [0.05, 0.1) is 5.92 Å². The molecule has 3 fully saturated rings. The molecule has 1 aliphatic carbocycles. The number of carbonyl (C=O) groups is 1. The van der Waals surface area contributed by atoms with E-state index in [9.17, 15) is 4.79 Å². The van der Waals surface area contributed by atoms with E-state index in [1.165, 1.54) is 32.2 Å². The van der Waals surface area contributed by atoms with Gasteiger partial charge >= 0.3 is 0 Å². The number of piperidine rings is 1. The summed E-state index contributed by atoms with van der Waals surface area (Å²) in [6, 6.07) is 0. The van der Waals surface area contributed by atoms with Crippen molar-refractivity contribution in [3.63, 3.8) is 0 Å². The van der Waals surface area contributed by atoms with Gasteiger partial charge in [-0.15, -0.1) is 24.0 Å². The number of carbonyl (C=O) groups excluding carboxylic acids is 1. The van der Waals surface area contributed by atoms with Gasteiger partial charge in [0.15, 0.2) is 5.96 Å². The number of halogens is 1. The average molecular weight is 463 g/mol. The van der Waals surface area contributed by atoms with E-state index in [4.69, 9.17) is 5.73 Å². The quantitative estimate of drug-likeness (QED) is 0.282. The third-order valence-corrected chi connectivity index (χ3v) is 6.21. The monoisotopic (exact) mass is 463 g/mol. The number of aliphatic imine (C=N–C) groups is 1. The molecule has 7 heteroatoms. The number of rotatable bonds is 5. The Morgan fingerprint density at radius 3 is 2.68 bits per heavy atom. The molecule has 1 saturated carbocycles. The van der Waals surface area contributed by atoms with Crippen molar-refractivity contribution in [3.05, 3.63) is 0 Å². The van der Waals surface area contributed by atoms with Crippen LogP contribution in [0.4, 0.5) is 0 Å². The first-order chi connectivity index (χ1) is 11.6. The molecule has 0 bridgehead atoms. The van der Waals surface area contributed by atoms with Gasteiger partial charge in [-0.3, -0.25) is 9.79 Å². The van der Waals surface area contributed by atoms with Crippen LogP contribution in [0.3, 0.4) is 0 Å². The van der Waals surface area contributed by atoms with Gasteiger partial charge in [-0.05, 0) is 57.0 Å². The first-order valence-corrected chi connectivity index (χ1v) is 9.59. The lowest BCUT2D eigenvalue weighted by molar-refractivity contribution is -0.123. The lowest BCUT2D eigenvalue weighted by Gasteiger charge is -2.38. The highest BCUT2D eigenvalue weighted by Gasteiger charge is 2.43. The minimum Gasteiger partial charge on any atom is -0.369 e. The molecule has 0 aromatic heterocycles. The van der Waals surface area contributed by atoms with E-state index in [0.29, 0.717) is 5.41 Å². The van der Waals surface area contributed by atoms with E-state index < -0.39 is 0 Å². The van der Waals surface area contributed by atoms with Crippen LogP contribution in [0, 0.1) is 11.3 Å². The number of hydrogen-bond donors (Lipinski definition) is 2. The lowest BCUT2D eigenvalue weighted by Crippen LogP contribution is -2.44. The summed E-state index contributed by atoms with van der Waals surface area (Å²) in [5, 5.41) is 3.53. The zero-order valence-corrected chi connectivity index (χ0v) is 17.8. The van der Waals surface area contributed by atoms with Gasteiger partial charge in [0, 0.05) is 33.2 Å². The standard InChI is InChI=1S/C18H33N5O.HI/c1-20-17(23-12-8-18(14-23)6-3-7-18)21-9-4-11-22-10-2-5-15(13-22)16(19)24;/h15H,2-14H2,1H3,(H2,19,24)(H,20,21);1H. The number of nitrogens with two attached hydrogens (primary N) is 1. The second kappa shape index (κ2) is 9.39. The van der Waals surface area contributed by atoms with Gasteiger partial charge in [-0.2, -0.15) is 0 Å². The van der Waals surface area contributed by atoms with Crippen LogP contribution in [0.25, 0.3) is 0 Å². The molecule has 144 valence electrons. The average Bonchev–Trinajstić information content (AvgIpc) is 3.01. The molecule has 0 aromatic carbocycles. The summed E-state index contributed by atoms with van der Waals surface area (Å²) in [7, 11) is 1.89. The molecule has 2 heterocycles. The Labute approximate surface area is 169 Å². The number of amides is 1. The number of nitrogens with zero attached hydrogens (tertiary/aromatic N) is 3. The predicted octanol–water partition coefficient (Wildman–Crippen LogP) is 1.64. The normalized spacial score (nSPS) is 26.2. The van der Waals surface area contributed by atoms with Gasteiger partial charge in [-0.25, -0.2) is 0 Å². The van der Waals surface area contributed by atoms with Crippen LogP contribution in [0.2, 0.25) is 0 Å². The lowest BCUT2D eigenvalue weighted by atomic mass is 9.68. The van der Waals surface area contributed by atoms with E-state index in [1.807, 2.05) is 7.05 Å². The summed E-state index contributed by atoms with van der Waals surface area (Å²) in [4.78, 5) is 20.6. The van der Waals surface area contributed by atoms with Crippen LogP contribution < -0.4 is 11.1 Å². The Morgan fingerprint density at radius 1 is 1.28 bits per heavy atom. The summed E-state index contributed by atoms with van der Waals surface area (Å²) in [5.74, 6) is 0.965. The van der Waals surface area contributed by atoms with E-state index in [0.717, 1.165) is 57.9 Å². The minimum absolute atomic E-state index is 0. The Kier molecular flexibility index (Phi) is 7.79. The maximum absolute atomic E-state index is 11.3. The van der Waals surface area contributed by atoms with Crippen molar-refractivity contribution in [3.8, 4) is 0 Å². The Balaban J connectivity index is 0.00000225. The van der Waals surface area contributed by atoms with Crippen LogP contribution in [0.15, 0.2) is 4.99 Å². The maximum Gasteiger partial charge on any atom is 0.221 e. The van der Waals surface area contributed by atoms with Gasteiger partial charge < -0.3 is 20.9 Å². The van der Waals surface area contributed by atoms with Crippen molar-refractivity contribution < 1.29 is 4.79 Å². The summed E-state index contributed by atoms with van der Waals surface area (Å²) in [6.07, 6.45) is 8.64. The first-order valence-electron chi connectivity index (χ1n) is 9.59. The SMILES string of the molecule is CN=C(NCCCN1CCCC(C(N)=O)C1)N1CCC2(CCC2)C1.I.